The van der Waals surface area contributed by atoms with Gasteiger partial charge in [-0.3, -0.25) is 4.79 Å². The van der Waals surface area contributed by atoms with Crippen molar-refractivity contribution in [2.45, 2.75) is 113 Å². The van der Waals surface area contributed by atoms with Crippen LogP contribution in [0, 0.1) is 0 Å². The number of phenolic OH excluding ortho intramolecular Hbond substituents is 2. The number of carbonyl (C=O) groups excluding carboxylic acids is 1. The molecule has 356 valence electrons. The minimum Gasteiger partial charge on any atom is -0.744 e. The predicted octanol–water partition coefficient (Wildman–Crippen LogP) is 5.80. The molecule has 0 saturated carbocycles. The standard InChI is InChI=1S/C50H58N4O11S2.2Na/c1-2-3-4-5-6-7-8-9-10-11-12-13-14-17-28-52-50(57)42-32-44(40-18-15-16-19-41(40)48(42)55)64-33-34-20-24-37(25-21-34)65-38-26-22-36(23-27-38)53-54-47-45(67(61,62)63)30-35-29-39(66(58,59)60)31-43(51)46(35)49(47)56;;/h15-16,18-27,29-32,55-56H,2-14,17,28,33,51H2,1H3,(H,52,57)(H,58,59,60)(H,61,62,63);;/q;2*+1/p-2. The number of amides is 1. The molecule has 19 heteroatoms. The van der Waals surface area contributed by atoms with Crippen molar-refractivity contribution in [3.63, 3.8) is 0 Å². The first kappa shape index (κ1) is 57.3. The SMILES string of the molecule is CCCCCCCCCCCCCCCCNC(=O)c1cc(OCc2ccc(Oc3ccc(N=Nc4c(S(=O)(=O)[O-])cc5cc(S(=O)(=O)[O-])cc(N)c5c4O)cc3)cc2)c2ccccc2c1O.[Na+].[Na+]. The zero-order valence-corrected chi connectivity index (χ0v) is 45.0. The third-order valence-corrected chi connectivity index (χ3v) is 13.1. The summed E-state index contributed by atoms with van der Waals surface area (Å²) in [6, 6.07) is 24.3. The number of phenols is 2. The van der Waals surface area contributed by atoms with E-state index in [1.165, 1.54) is 82.8 Å². The van der Waals surface area contributed by atoms with Gasteiger partial charge in [0.15, 0.2) is 5.75 Å². The molecule has 0 fully saturated rings. The smallest absolute Gasteiger partial charge is 0.744 e. The van der Waals surface area contributed by atoms with Gasteiger partial charge in [0.25, 0.3) is 5.91 Å². The Bertz CT molecular complexity index is 2920. The van der Waals surface area contributed by atoms with Gasteiger partial charge in [-0.05, 0) is 78.0 Å². The van der Waals surface area contributed by atoms with E-state index >= 15 is 0 Å². The van der Waals surface area contributed by atoms with Crippen molar-refractivity contribution in [3.05, 3.63) is 108 Å². The molecule has 5 N–H and O–H groups in total. The number of nitrogens with two attached hydrogens (primary N) is 1. The average molecular weight is 999 g/mol. The number of anilines is 1. The predicted molar refractivity (Wildman–Crippen MR) is 256 cm³/mol. The number of ether oxygens (including phenoxy) is 2. The molecule has 69 heavy (non-hydrogen) atoms. The van der Waals surface area contributed by atoms with Crippen LogP contribution in [-0.2, 0) is 26.8 Å². The summed E-state index contributed by atoms with van der Waals surface area (Å²) in [4.78, 5) is 11.5. The molecule has 0 radical (unpaired) electrons. The van der Waals surface area contributed by atoms with Crippen LogP contribution >= 0.6 is 0 Å². The van der Waals surface area contributed by atoms with E-state index in [0.29, 0.717) is 34.6 Å². The van der Waals surface area contributed by atoms with Gasteiger partial charge >= 0.3 is 59.1 Å². The van der Waals surface area contributed by atoms with Crippen LogP contribution < -0.4 is 79.6 Å². The fourth-order valence-corrected chi connectivity index (χ4v) is 8.99. The first-order valence-electron chi connectivity index (χ1n) is 22.6. The third kappa shape index (κ3) is 16.4. The molecule has 0 spiro atoms. The maximum absolute atomic E-state index is 13.3. The summed E-state index contributed by atoms with van der Waals surface area (Å²) < 4.78 is 83.3. The largest absolute Gasteiger partial charge is 1.00 e. The first-order valence-corrected chi connectivity index (χ1v) is 25.4. The number of fused-ring (bicyclic) bond motifs is 2. The fourth-order valence-electron chi connectivity index (χ4n) is 7.80. The van der Waals surface area contributed by atoms with Crippen LogP contribution in [-0.4, -0.2) is 48.6 Å². The Hall–Kier alpha value is -4.27. The van der Waals surface area contributed by atoms with E-state index in [-0.39, 0.29) is 105 Å². The van der Waals surface area contributed by atoms with Crippen LogP contribution in [0.25, 0.3) is 21.5 Å². The molecule has 0 aliphatic carbocycles. The molecular weight excluding hydrogens is 943 g/mol. The van der Waals surface area contributed by atoms with E-state index in [0.717, 1.165) is 43.0 Å². The summed E-state index contributed by atoms with van der Waals surface area (Å²) in [5.74, 6) is 0.0251. The van der Waals surface area contributed by atoms with Gasteiger partial charge in [-0.2, -0.15) is 5.11 Å². The zero-order chi connectivity index (χ0) is 48.0. The van der Waals surface area contributed by atoms with Crippen molar-refractivity contribution >= 4 is 64.8 Å². The monoisotopic (exact) mass is 998 g/mol. The summed E-state index contributed by atoms with van der Waals surface area (Å²) in [6.45, 7) is 2.92. The van der Waals surface area contributed by atoms with Gasteiger partial charge in [0.1, 0.15) is 55.5 Å². The number of nitrogens with zero attached hydrogens (tertiary/aromatic N) is 2. The number of carbonyl (C=O) groups is 1. The molecule has 6 aromatic carbocycles. The summed E-state index contributed by atoms with van der Waals surface area (Å²) in [7, 11) is -10.3. The van der Waals surface area contributed by atoms with E-state index in [1.54, 1.807) is 42.5 Å². The van der Waals surface area contributed by atoms with Gasteiger partial charge in [0.2, 0.25) is 0 Å². The van der Waals surface area contributed by atoms with E-state index < -0.39 is 41.5 Å². The summed E-state index contributed by atoms with van der Waals surface area (Å²) in [6.07, 6.45) is 17.5. The van der Waals surface area contributed by atoms with Crippen molar-refractivity contribution in [2.75, 3.05) is 12.3 Å². The van der Waals surface area contributed by atoms with E-state index in [9.17, 15) is 40.9 Å². The number of aromatic hydroxyl groups is 2. The second-order valence-electron chi connectivity index (χ2n) is 16.5. The number of hydrogen-bond donors (Lipinski definition) is 4. The number of rotatable bonds is 25. The summed E-state index contributed by atoms with van der Waals surface area (Å²) >= 11 is 0. The maximum atomic E-state index is 13.3. The van der Waals surface area contributed by atoms with Crippen LogP contribution in [0.4, 0.5) is 17.1 Å². The van der Waals surface area contributed by atoms with Crippen LogP contribution in [0.5, 0.6) is 28.7 Å². The Morgan fingerprint density at radius 2 is 1.22 bits per heavy atom. The Morgan fingerprint density at radius 1 is 0.667 bits per heavy atom. The second-order valence-corrected chi connectivity index (χ2v) is 19.2. The number of hydrogen-bond acceptors (Lipinski definition) is 14. The maximum Gasteiger partial charge on any atom is 1.00 e. The molecule has 0 aliphatic heterocycles. The van der Waals surface area contributed by atoms with Crippen molar-refractivity contribution in [3.8, 4) is 28.7 Å². The minimum atomic E-state index is -5.29. The molecule has 0 saturated heterocycles. The van der Waals surface area contributed by atoms with Crippen molar-refractivity contribution < 1.29 is 110 Å². The number of azo groups is 1. The minimum absolute atomic E-state index is 0. The fraction of sp³-hybridized carbons (Fsp3) is 0.340. The molecule has 0 aliphatic rings. The van der Waals surface area contributed by atoms with Gasteiger partial charge in [0, 0.05) is 28.4 Å². The van der Waals surface area contributed by atoms with Gasteiger partial charge in [-0.1, -0.05) is 127 Å². The molecular formula is C50H56N4Na2O11S2. The van der Waals surface area contributed by atoms with Crippen LogP contribution in [0.15, 0.2) is 117 Å². The normalized spacial score (nSPS) is 11.6. The Labute approximate surface area is 448 Å². The van der Waals surface area contributed by atoms with Crippen LogP contribution in [0.2, 0.25) is 0 Å². The molecule has 0 aromatic heterocycles. The van der Waals surface area contributed by atoms with Crippen molar-refractivity contribution in [1.82, 2.24) is 5.32 Å². The number of nitrogen functional groups attached to an aromatic ring is 1. The first-order chi connectivity index (χ1) is 32.1. The topological polar surface area (TPSA) is 253 Å². The van der Waals surface area contributed by atoms with E-state index in [2.05, 4.69) is 22.5 Å². The zero-order valence-electron chi connectivity index (χ0n) is 39.4. The molecule has 6 rings (SSSR count). The van der Waals surface area contributed by atoms with E-state index in [1.807, 2.05) is 24.3 Å². The van der Waals surface area contributed by atoms with Gasteiger partial charge in [-0.15, -0.1) is 5.11 Å². The van der Waals surface area contributed by atoms with Crippen LogP contribution in [0.1, 0.15) is 113 Å². The third-order valence-electron chi connectivity index (χ3n) is 11.4. The Kier molecular flexibility index (Phi) is 22.7. The van der Waals surface area contributed by atoms with Gasteiger partial charge < -0.3 is 39.8 Å². The number of nitrogens with one attached hydrogen (secondary N) is 1. The van der Waals surface area contributed by atoms with Crippen molar-refractivity contribution in [2.24, 2.45) is 10.2 Å². The molecule has 15 nitrogen and oxygen atoms in total. The van der Waals surface area contributed by atoms with Crippen molar-refractivity contribution in [1.29, 1.82) is 0 Å². The number of benzene rings is 6. The van der Waals surface area contributed by atoms with Crippen LogP contribution in [0.3, 0.4) is 0 Å². The average Bonchev–Trinajstić information content (AvgIpc) is 3.29. The summed E-state index contributed by atoms with van der Waals surface area (Å²) in [5.41, 5.74) is 5.92. The Morgan fingerprint density at radius 3 is 1.78 bits per heavy atom. The number of unbranched alkanes of at least 4 members (excludes halogenated alkanes) is 13. The molecule has 0 bridgehead atoms. The molecule has 0 atom stereocenters. The molecule has 0 unspecified atom stereocenters. The van der Waals surface area contributed by atoms with Gasteiger partial charge in [-0.25, -0.2) is 16.8 Å². The van der Waals surface area contributed by atoms with E-state index in [4.69, 9.17) is 15.2 Å². The second kappa shape index (κ2) is 27.4. The molecule has 6 aromatic rings. The summed E-state index contributed by atoms with van der Waals surface area (Å²) in [5, 5.41) is 33.4. The molecule has 0 heterocycles. The quantitative estimate of drug-likeness (QED) is 0.0175. The molecule has 1 amide bonds. The van der Waals surface area contributed by atoms with Gasteiger partial charge in [0.05, 0.1) is 21.0 Å². The Balaban J connectivity index is 0.00000518.